The summed E-state index contributed by atoms with van der Waals surface area (Å²) in [4.78, 5) is 8.06. The van der Waals surface area contributed by atoms with E-state index < -0.39 is 5.60 Å². The Kier molecular flexibility index (Phi) is 4.40. The molecule has 1 saturated carbocycles. The van der Waals surface area contributed by atoms with Crippen molar-refractivity contribution in [1.29, 1.82) is 0 Å². The molecule has 4 nitrogen and oxygen atoms in total. The van der Waals surface area contributed by atoms with Crippen LogP contribution in [0.2, 0.25) is 5.28 Å². The molecular weight excluding hydrogens is 250 g/mol. The molecule has 0 bridgehead atoms. The third-order valence-electron chi connectivity index (χ3n) is 3.56. The Morgan fingerprint density at radius 1 is 1.33 bits per heavy atom. The van der Waals surface area contributed by atoms with Crippen LogP contribution in [0.4, 0.5) is 5.82 Å². The van der Waals surface area contributed by atoms with Crippen LogP contribution in [0.15, 0.2) is 6.20 Å². The monoisotopic (exact) mass is 269 g/mol. The van der Waals surface area contributed by atoms with Crippen molar-refractivity contribution in [2.24, 2.45) is 0 Å². The number of hydrogen-bond donors (Lipinski definition) is 2. The summed E-state index contributed by atoms with van der Waals surface area (Å²) in [7, 11) is 0. The summed E-state index contributed by atoms with van der Waals surface area (Å²) in [5.74, 6) is 0.715. The van der Waals surface area contributed by atoms with Crippen molar-refractivity contribution in [3.8, 4) is 0 Å². The van der Waals surface area contributed by atoms with Crippen LogP contribution < -0.4 is 5.32 Å². The van der Waals surface area contributed by atoms with Gasteiger partial charge in [0.2, 0.25) is 5.28 Å². The highest BCUT2D eigenvalue weighted by molar-refractivity contribution is 6.28. The van der Waals surface area contributed by atoms with Gasteiger partial charge in [-0.25, -0.2) is 9.97 Å². The number of aliphatic hydroxyl groups is 1. The van der Waals surface area contributed by atoms with E-state index in [1.54, 1.807) is 6.20 Å². The average Bonchev–Trinajstić information content (AvgIpc) is 2.56. The summed E-state index contributed by atoms with van der Waals surface area (Å²) in [6.45, 7) is 2.46. The Labute approximate surface area is 113 Å². The standard InChI is InChI=1S/C13H20ClN3O/c1-10-8-15-12(14)17-11(10)16-9-13(18)6-4-2-3-5-7-13/h8,18H,2-7,9H2,1H3,(H,15,16,17). The highest BCUT2D eigenvalue weighted by Crippen LogP contribution is 2.27. The molecule has 2 rings (SSSR count). The van der Waals surface area contributed by atoms with E-state index in [0.29, 0.717) is 12.4 Å². The zero-order chi connectivity index (χ0) is 13.0. The first kappa shape index (κ1) is 13.6. The number of halogens is 1. The van der Waals surface area contributed by atoms with Crippen LogP contribution in [-0.2, 0) is 0 Å². The SMILES string of the molecule is Cc1cnc(Cl)nc1NCC1(O)CCCCCC1. The van der Waals surface area contributed by atoms with E-state index in [-0.39, 0.29) is 5.28 Å². The third kappa shape index (κ3) is 3.56. The highest BCUT2D eigenvalue weighted by Gasteiger charge is 2.27. The van der Waals surface area contributed by atoms with E-state index in [1.807, 2.05) is 6.92 Å². The summed E-state index contributed by atoms with van der Waals surface area (Å²) < 4.78 is 0. The van der Waals surface area contributed by atoms with Crippen molar-refractivity contribution in [1.82, 2.24) is 9.97 Å². The molecular formula is C13H20ClN3O. The lowest BCUT2D eigenvalue weighted by molar-refractivity contribution is 0.0380. The Morgan fingerprint density at radius 3 is 2.67 bits per heavy atom. The molecule has 0 atom stereocenters. The molecule has 0 spiro atoms. The fourth-order valence-corrected chi connectivity index (χ4v) is 2.54. The predicted octanol–water partition coefficient (Wildman–Crippen LogP) is 2.94. The Morgan fingerprint density at radius 2 is 2.00 bits per heavy atom. The van der Waals surface area contributed by atoms with Crippen molar-refractivity contribution in [2.75, 3.05) is 11.9 Å². The maximum absolute atomic E-state index is 10.5. The van der Waals surface area contributed by atoms with E-state index in [4.69, 9.17) is 11.6 Å². The van der Waals surface area contributed by atoms with Gasteiger partial charge in [-0.1, -0.05) is 25.7 Å². The van der Waals surface area contributed by atoms with Gasteiger partial charge < -0.3 is 10.4 Å². The normalized spacial score (nSPS) is 19.3. The van der Waals surface area contributed by atoms with Crippen molar-refractivity contribution in [3.05, 3.63) is 17.0 Å². The van der Waals surface area contributed by atoms with Crippen LogP contribution in [0.1, 0.15) is 44.1 Å². The smallest absolute Gasteiger partial charge is 0.224 e. The number of nitrogens with zero attached hydrogens (tertiary/aromatic N) is 2. The lowest BCUT2D eigenvalue weighted by atomic mass is 9.94. The molecule has 0 saturated heterocycles. The van der Waals surface area contributed by atoms with Crippen molar-refractivity contribution >= 4 is 17.4 Å². The minimum atomic E-state index is -0.611. The quantitative estimate of drug-likeness (QED) is 0.654. The second kappa shape index (κ2) is 5.85. The van der Waals surface area contributed by atoms with Gasteiger partial charge in [0.1, 0.15) is 5.82 Å². The van der Waals surface area contributed by atoms with Gasteiger partial charge in [0.05, 0.1) is 5.60 Å². The van der Waals surface area contributed by atoms with E-state index in [9.17, 15) is 5.11 Å². The Hall–Kier alpha value is -0.870. The molecule has 0 radical (unpaired) electrons. The summed E-state index contributed by atoms with van der Waals surface area (Å²) in [6, 6.07) is 0. The van der Waals surface area contributed by atoms with Crippen LogP contribution in [0.25, 0.3) is 0 Å². The first-order chi connectivity index (χ1) is 8.59. The largest absolute Gasteiger partial charge is 0.388 e. The molecule has 0 amide bonds. The molecule has 18 heavy (non-hydrogen) atoms. The Bertz CT molecular complexity index is 403. The minimum absolute atomic E-state index is 0.232. The topological polar surface area (TPSA) is 58.0 Å². The molecule has 0 aromatic carbocycles. The number of rotatable bonds is 3. The summed E-state index contributed by atoms with van der Waals surface area (Å²) in [5.41, 5.74) is 0.331. The van der Waals surface area contributed by atoms with Gasteiger partial charge in [0.15, 0.2) is 0 Å². The lowest BCUT2D eigenvalue weighted by Gasteiger charge is -2.27. The summed E-state index contributed by atoms with van der Waals surface area (Å²) >= 11 is 5.77. The fraction of sp³-hybridized carbons (Fsp3) is 0.692. The fourth-order valence-electron chi connectivity index (χ4n) is 2.41. The predicted molar refractivity (Wildman–Crippen MR) is 72.9 cm³/mol. The number of nitrogens with one attached hydrogen (secondary N) is 1. The molecule has 1 aromatic heterocycles. The highest BCUT2D eigenvalue weighted by atomic mass is 35.5. The molecule has 1 fully saturated rings. The van der Waals surface area contributed by atoms with Gasteiger partial charge in [-0.3, -0.25) is 0 Å². The summed E-state index contributed by atoms with van der Waals surface area (Å²) in [6.07, 6.45) is 8.05. The van der Waals surface area contributed by atoms with Gasteiger partial charge in [0.25, 0.3) is 0 Å². The molecule has 100 valence electrons. The second-order valence-electron chi connectivity index (χ2n) is 5.16. The first-order valence-corrected chi connectivity index (χ1v) is 6.92. The first-order valence-electron chi connectivity index (χ1n) is 6.54. The molecule has 1 heterocycles. The number of anilines is 1. The number of hydrogen-bond acceptors (Lipinski definition) is 4. The van der Waals surface area contributed by atoms with E-state index in [1.165, 1.54) is 12.8 Å². The number of aromatic nitrogens is 2. The van der Waals surface area contributed by atoms with E-state index >= 15 is 0 Å². The Balaban J connectivity index is 1.99. The van der Waals surface area contributed by atoms with Crippen LogP contribution in [0.5, 0.6) is 0 Å². The molecule has 0 unspecified atom stereocenters. The molecule has 1 aliphatic rings. The zero-order valence-corrected chi connectivity index (χ0v) is 11.5. The minimum Gasteiger partial charge on any atom is -0.388 e. The van der Waals surface area contributed by atoms with Gasteiger partial charge >= 0.3 is 0 Å². The van der Waals surface area contributed by atoms with Crippen molar-refractivity contribution in [3.63, 3.8) is 0 Å². The average molecular weight is 270 g/mol. The van der Waals surface area contributed by atoms with Gasteiger partial charge in [-0.2, -0.15) is 0 Å². The van der Waals surface area contributed by atoms with Crippen LogP contribution in [-0.4, -0.2) is 27.2 Å². The molecule has 1 aliphatic carbocycles. The lowest BCUT2D eigenvalue weighted by Crippen LogP contribution is -2.36. The van der Waals surface area contributed by atoms with Crippen LogP contribution >= 0.6 is 11.6 Å². The van der Waals surface area contributed by atoms with Crippen molar-refractivity contribution < 1.29 is 5.11 Å². The maximum atomic E-state index is 10.5. The summed E-state index contributed by atoms with van der Waals surface area (Å²) in [5, 5.41) is 14.0. The molecule has 0 aliphatic heterocycles. The van der Waals surface area contributed by atoms with Gasteiger partial charge in [-0.05, 0) is 31.4 Å². The van der Waals surface area contributed by atoms with Crippen LogP contribution in [0.3, 0.4) is 0 Å². The van der Waals surface area contributed by atoms with E-state index in [2.05, 4.69) is 15.3 Å². The number of aryl methyl sites for hydroxylation is 1. The second-order valence-corrected chi connectivity index (χ2v) is 5.50. The molecule has 5 heteroatoms. The third-order valence-corrected chi connectivity index (χ3v) is 3.74. The van der Waals surface area contributed by atoms with Crippen LogP contribution in [0, 0.1) is 6.92 Å². The van der Waals surface area contributed by atoms with Crippen molar-refractivity contribution in [2.45, 2.75) is 51.0 Å². The van der Waals surface area contributed by atoms with Gasteiger partial charge in [0, 0.05) is 18.3 Å². The maximum Gasteiger partial charge on any atom is 0.224 e. The van der Waals surface area contributed by atoms with E-state index in [0.717, 1.165) is 31.2 Å². The molecule has 2 N–H and O–H groups in total. The molecule has 1 aromatic rings. The zero-order valence-electron chi connectivity index (χ0n) is 10.7. The van der Waals surface area contributed by atoms with Gasteiger partial charge in [-0.15, -0.1) is 0 Å².